The highest BCUT2D eigenvalue weighted by Crippen LogP contribution is 2.29. The van der Waals surface area contributed by atoms with E-state index in [2.05, 4.69) is 0 Å². The summed E-state index contributed by atoms with van der Waals surface area (Å²) in [7, 11) is 0. The first-order chi connectivity index (χ1) is 7.62. The molecule has 3 N–H and O–H groups in total. The van der Waals surface area contributed by atoms with Crippen molar-refractivity contribution in [3.8, 4) is 5.75 Å². The summed E-state index contributed by atoms with van der Waals surface area (Å²) in [6, 6.07) is 7.65. The molecule has 0 amide bonds. The van der Waals surface area contributed by atoms with Crippen LogP contribution < -0.4 is 10.5 Å². The van der Waals surface area contributed by atoms with Gasteiger partial charge in [0.15, 0.2) is 0 Å². The van der Waals surface area contributed by atoms with E-state index >= 15 is 0 Å². The van der Waals surface area contributed by atoms with Gasteiger partial charge in [0.05, 0.1) is 11.7 Å². The number of hydrogen-bond donors (Lipinski definition) is 2. The molecular formula is C13H19NO2. The Morgan fingerprint density at radius 2 is 2.00 bits per heavy atom. The second kappa shape index (κ2) is 4.44. The van der Waals surface area contributed by atoms with Crippen molar-refractivity contribution >= 4 is 0 Å². The largest absolute Gasteiger partial charge is 0.490 e. The summed E-state index contributed by atoms with van der Waals surface area (Å²) in [6.07, 6.45) is 3.30. The number of rotatable bonds is 5. The molecule has 1 aliphatic carbocycles. The van der Waals surface area contributed by atoms with Gasteiger partial charge in [0.2, 0.25) is 0 Å². The third kappa shape index (κ3) is 2.74. The molecule has 0 aromatic heterocycles. The molecular weight excluding hydrogens is 202 g/mol. The van der Waals surface area contributed by atoms with Crippen LogP contribution in [0.3, 0.4) is 0 Å². The Bertz CT molecular complexity index is 341. The number of nitrogens with two attached hydrogens (primary N) is 1. The topological polar surface area (TPSA) is 55.5 Å². The highest BCUT2D eigenvalue weighted by molar-refractivity contribution is 5.30. The van der Waals surface area contributed by atoms with Gasteiger partial charge in [-0.1, -0.05) is 12.1 Å². The van der Waals surface area contributed by atoms with E-state index in [0.717, 1.165) is 24.2 Å². The number of hydrogen-bond acceptors (Lipinski definition) is 3. The van der Waals surface area contributed by atoms with Gasteiger partial charge in [-0.15, -0.1) is 0 Å². The monoisotopic (exact) mass is 221 g/mol. The highest BCUT2D eigenvalue weighted by Gasteiger charge is 2.24. The Balaban J connectivity index is 2.05. The van der Waals surface area contributed by atoms with Gasteiger partial charge in [-0.3, -0.25) is 0 Å². The van der Waals surface area contributed by atoms with E-state index in [1.165, 1.54) is 0 Å². The van der Waals surface area contributed by atoms with E-state index in [-0.39, 0.29) is 0 Å². The van der Waals surface area contributed by atoms with Gasteiger partial charge >= 0.3 is 0 Å². The van der Waals surface area contributed by atoms with E-state index in [9.17, 15) is 5.11 Å². The zero-order valence-electron chi connectivity index (χ0n) is 9.65. The van der Waals surface area contributed by atoms with Crippen LogP contribution in [-0.2, 0) is 5.60 Å². The lowest BCUT2D eigenvalue weighted by molar-refractivity contribution is 0.0504. The van der Waals surface area contributed by atoms with E-state index in [1.54, 1.807) is 6.92 Å². The maximum absolute atomic E-state index is 10.2. The van der Waals surface area contributed by atoms with E-state index in [0.29, 0.717) is 19.1 Å². The molecule has 1 unspecified atom stereocenters. The molecule has 1 fully saturated rings. The third-order valence-corrected chi connectivity index (χ3v) is 2.93. The van der Waals surface area contributed by atoms with E-state index < -0.39 is 5.60 Å². The first-order valence-electron chi connectivity index (χ1n) is 5.81. The number of ether oxygens (including phenoxy) is 1. The Labute approximate surface area is 96.2 Å². The molecule has 0 radical (unpaired) electrons. The molecule has 1 saturated carbocycles. The fourth-order valence-electron chi connectivity index (χ4n) is 1.70. The molecule has 3 nitrogen and oxygen atoms in total. The zero-order chi connectivity index (χ0) is 11.6. The van der Waals surface area contributed by atoms with Crippen molar-refractivity contribution in [3.63, 3.8) is 0 Å². The average molecular weight is 221 g/mol. The van der Waals surface area contributed by atoms with Gasteiger partial charge in [-0.25, -0.2) is 0 Å². The molecule has 0 bridgehead atoms. The van der Waals surface area contributed by atoms with Crippen molar-refractivity contribution in [3.05, 3.63) is 29.8 Å². The van der Waals surface area contributed by atoms with Gasteiger partial charge in [-0.2, -0.15) is 0 Å². The van der Waals surface area contributed by atoms with Crippen LogP contribution in [0.15, 0.2) is 24.3 Å². The molecule has 0 heterocycles. The Morgan fingerprint density at radius 1 is 1.38 bits per heavy atom. The predicted molar refractivity (Wildman–Crippen MR) is 63.3 cm³/mol. The minimum absolute atomic E-state index is 0.412. The van der Waals surface area contributed by atoms with Gasteiger partial charge in [0, 0.05) is 0 Å². The van der Waals surface area contributed by atoms with Gasteiger partial charge in [0.1, 0.15) is 5.75 Å². The van der Waals surface area contributed by atoms with Crippen molar-refractivity contribution in [2.24, 2.45) is 5.73 Å². The minimum atomic E-state index is -0.840. The lowest BCUT2D eigenvalue weighted by atomic mass is 9.93. The van der Waals surface area contributed by atoms with Crippen LogP contribution in [-0.4, -0.2) is 17.8 Å². The predicted octanol–water partition coefficient (Wildman–Crippen LogP) is 1.78. The Kier molecular flexibility index (Phi) is 3.17. The molecule has 1 atom stereocenters. The van der Waals surface area contributed by atoms with Crippen LogP contribution in [0.2, 0.25) is 0 Å². The summed E-state index contributed by atoms with van der Waals surface area (Å²) >= 11 is 0. The Hall–Kier alpha value is -1.06. The van der Waals surface area contributed by atoms with E-state index in [1.807, 2.05) is 24.3 Å². The summed E-state index contributed by atoms with van der Waals surface area (Å²) in [5.74, 6) is 0.884. The minimum Gasteiger partial charge on any atom is -0.490 e. The molecule has 3 heteroatoms. The molecule has 0 spiro atoms. The lowest BCUT2D eigenvalue weighted by Gasteiger charge is -2.23. The summed E-state index contributed by atoms with van der Waals surface area (Å²) in [6.45, 7) is 2.27. The quantitative estimate of drug-likeness (QED) is 0.797. The maximum atomic E-state index is 10.2. The molecule has 2 rings (SSSR count). The van der Waals surface area contributed by atoms with Crippen molar-refractivity contribution < 1.29 is 9.84 Å². The summed E-state index contributed by atoms with van der Waals surface area (Å²) in [5, 5.41) is 10.2. The van der Waals surface area contributed by atoms with Crippen molar-refractivity contribution in [2.75, 3.05) is 6.54 Å². The van der Waals surface area contributed by atoms with Gasteiger partial charge in [0.25, 0.3) is 0 Å². The van der Waals surface area contributed by atoms with Gasteiger partial charge < -0.3 is 15.6 Å². The number of benzene rings is 1. The van der Waals surface area contributed by atoms with E-state index in [4.69, 9.17) is 10.5 Å². The molecule has 1 aliphatic rings. The molecule has 16 heavy (non-hydrogen) atoms. The molecule has 0 saturated heterocycles. The van der Waals surface area contributed by atoms with Crippen LogP contribution in [0.25, 0.3) is 0 Å². The van der Waals surface area contributed by atoms with Crippen LogP contribution >= 0.6 is 0 Å². The fourth-order valence-corrected chi connectivity index (χ4v) is 1.70. The van der Waals surface area contributed by atoms with Crippen molar-refractivity contribution in [2.45, 2.75) is 37.9 Å². The first-order valence-corrected chi connectivity index (χ1v) is 5.81. The second-order valence-corrected chi connectivity index (χ2v) is 4.65. The van der Waals surface area contributed by atoms with Crippen molar-refractivity contribution in [1.29, 1.82) is 0 Å². The fraction of sp³-hybridized carbons (Fsp3) is 0.538. The lowest BCUT2D eigenvalue weighted by Crippen LogP contribution is -2.24. The zero-order valence-corrected chi connectivity index (χ0v) is 9.65. The summed E-state index contributed by atoms with van der Waals surface area (Å²) < 4.78 is 5.65. The summed E-state index contributed by atoms with van der Waals surface area (Å²) in [5.41, 5.74) is 5.52. The average Bonchev–Trinajstić information content (AvgIpc) is 3.02. The molecule has 1 aromatic rings. The Morgan fingerprint density at radius 3 is 2.50 bits per heavy atom. The number of aliphatic hydroxyl groups is 1. The molecule has 1 aromatic carbocycles. The third-order valence-electron chi connectivity index (χ3n) is 2.93. The highest BCUT2D eigenvalue weighted by atomic mass is 16.5. The van der Waals surface area contributed by atoms with Crippen LogP contribution in [0.5, 0.6) is 5.75 Å². The normalized spacial score (nSPS) is 19.2. The molecule has 88 valence electrons. The van der Waals surface area contributed by atoms with Crippen LogP contribution in [0, 0.1) is 0 Å². The van der Waals surface area contributed by atoms with Crippen LogP contribution in [0.4, 0.5) is 0 Å². The van der Waals surface area contributed by atoms with Gasteiger partial charge in [-0.05, 0) is 50.4 Å². The second-order valence-electron chi connectivity index (χ2n) is 4.65. The SMILES string of the molecule is CC(O)(CCN)c1ccc(OC2CC2)cc1. The molecule has 0 aliphatic heterocycles. The van der Waals surface area contributed by atoms with Crippen LogP contribution in [0.1, 0.15) is 31.7 Å². The maximum Gasteiger partial charge on any atom is 0.119 e. The van der Waals surface area contributed by atoms with Crippen molar-refractivity contribution in [1.82, 2.24) is 0 Å². The smallest absolute Gasteiger partial charge is 0.119 e. The summed E-state index contributed by atoms with van der Waals surface area (Å²) in [4.78, 5) is 0. The standard InChI is InChI=1S/C13H19NO2/c1-13(15,8-9-14)10-2-4-11(5-3-10)16-12-6-7-12/h2-5,12,15H,6-9,14H2,1H3. The first kappa shape index (κ1) is 11.4.